The van der Waals surface area contributed by atoms with Crippen LogP contribution in [0.5, 0.6) is 0 Å². The molecule has 3 aromatic rings. The molecule has 0 amide bonds. The average molecular weight is 433 g/mol. The molecule has 2 heterocycles. The van der Waals surface area contributed by atoms with Crippen LogP contribution < -0.4 is 16.4 Å². The number of nitrogens with one attached hydrogen (secondary N) is 2. The summed E-state index contributed by atoms with van der Waals surface area (Å²) >= 11 is 0. The summed E-state index contributed by atoms with van der Waals surface area (Å²) in [4.78, 5) is 13.4. The number of aromatic nitrogens is 4. The number of imidazole rings is 1. The van der Waals surface area contributed by atoms with Gasteiger partial charge in [-0.25, -0.2) is 23.1 Å². The van der Waals surface area contributed by atoms with Crippen molar-refractivity contribution in [2.45, 2.75) is 57.5 Å². The Morgan fingerprint density at radius 2 is 1.84 bits per heavy atom. The molecule has 10 heteroatoms. The first-order chi connectivity index (χ1) is 15.0. The second kappa shape index (κ2) is 9.09. The van der Waals surface area contributed by atoms with Gasteiger partial charge >= 0.3 is 0 Å². The number of nitrogens with zero attached hydrogens (tertiary/aromatic N) is 4. The number of benzene rings is 1. The summed E-state index contributed by atoms with van der Waals surface area (Å²) in [6, 6.07) is 1.34. The van der Waals surface area contributed by atoms with Crippen LogP contribution in [0.25, 0.3) is 11.2 Å². The van der Waals surface area contributed by atoms with Gasteiger partial charge < -0.3 is 16.4 Å². The first kappa shape index (κ1) is 21.4. The van der Waals surface area contributed by atoms with Crippen molar-refractivity contribution in [3.05, 3.63) is 35.8 Å². The van der Waals surface area contributed by atoms with Crippen LogP contribution in [0.1, 0.15) is 51.5 Å². The summed E-state index contributed by atoms with van der Waals surface area (Å²) in [5.41, 5.74) is 6.45. The van der Waals surface area contributed by atoms with E-state index in [9.17, 15) is 13.2 Å². The molecule has 0 spiro atoms. The van der Waals surface area contributed by atoms with Gasteiger partial charge in [-0.15, -0.1) is 0 Å². The van der Waals surface area contributed by atoms with E-state index in [1.54, 1.807) is 10.8 Å². The molecule has 1 unspecified atom stereocenters. The Bertz CT molecular complexity index is 1040. The highest BCUT2D eigenvalue weighted by Gasteiger charge is 2.22. The second-order valence-corrected chi connectivity index (χ2v) is 7.85. The number of hydrogen-bond donors (Lipinski definition) is 3. The maximum Gasteiger partial charge on any atom is 0.224 e. The van der Waals surface area contributed by atoms with Crippen molar-refractivity contribution in [2.24, 2.45) is 5.73 Å². The van der Waals surface area contributed by atoms with Crippen LogP contribution in [-0.2, 0) is 0 Å². The Kier molecular flexibility index (Phi) is 6.26. The molecule has 7 nitrogen and oxygen atoms in total. The zero-order valence-corrected chi connectivity index (χ0v) is 17.3. The van der Waals surface area contributed by atoms with Crippen LogP contribution in [0.4, 0.5) is 30.8 Å². The standard InChI is InChI=1S/C21H26F3N7/c1-2-14(10-25)31-19-17(11-26-20(30-19)27-13-6-4-3-5-7-13)28-21(31)29-18-15(23)8-12(22)9-16(18)24/h8-9,11,13-14H,2-7,10,25H2,1H3,(H,28,29)(H,26,27,30). The Morgan fingerprint density at radius 3 is 2.48 bits per heavy atom. The number of anilines is 3. The lowest BCUT2D eigenvalue weighted by Gasteiger charge is -2.23. The van der Waals surface area contributed by atoms with Crippen molar-refractivity contribution in [3.63, 3.8) is 0 Å². The van der Waals surface area contributed by atoms with Gasteiger partial charge in [0.1, 0.15) is 17.0 Å². The quantitative estimate of drug-likeness (QED) is 0.503. The van der Waals surface area contributed by atoms with Gasteiger partial charge in [0.2, 0.25) is 11.9 Å². The van der Waals surface area contributed by atoms with Crippen molar-refractivity contribution in [3.8, 4) is 0 Å². The maximum absolute atomic E-state index is 14.2. The van der Waals surface area contributed by atoms with E-state index in [1.165, 1.54) is 19.3 Å². The van der Waals surface area contributed by atoms with Gasteiger partial charge in [-0.3, -0.25) is 4.57 Å². The fourth-order valence-corrected chi connectivity index (χ4v) is 4.05. The first-order valence-electron chi connectivity index (χ1n) is 10.6. The normalized spacial score (nSPS) is 15.9. The lowest BCUT2D eigenvalue weighted by molar-refractivity contribution is 0.460. The van der Waals surface area contributed by atoms with Crippen LogP contribution >= 0.6 is 0 Å². The summed E-state index contributed by atoms with van der Waals surface area (Å²) in [6.07, 6.45) is 7.95. The zero-order chi connectivity index (χ0) is 22.0. The van der Waals surface area contributed by atoms with E-state index in [1.807, 2.05) is 6.92 Å². The Labute approximate surface area is 178 Å². The molecular formula is C21H26F3N7. The molecular weight excluding hydrogens is 407 g/mol. The predicted molar refractivity (Wildman–Crippen MR) is 114 cm³/mol. The van der Waals surface area contributed by atoms with E-state index in [4.69, 9.17) is 5.73 Å². The Morgan fingerprint density at radius 1 is 1.13 bits per heavy atom. The molecule has 1 fully saturated rings. The predicted octanol–water partition coefficient (Wildman–Crippen LogP) is 4.64. The highest BCUT2D eigenvalue weighted by atomic mass is 19.1. The zero-order valence-electron chi connectivity index (χ0n) is 17.3. The van der Waals surface area contributed by atoms with E-state index in [0.29, 0.717) is 41.7 Å². The number of fused-ring (bicyclic) bond motifs is 1. The SMILES string of the molecule is CCC(CN)n1c(Nc2c(F)cc(F)cc2F)nc2cnc(NC3CCCCC3)nc21. The van der Waals surface area contributed by atoms with Crippen molar-refractivity contribution < 1.29 is 13.2 Å². The summed E-state index contributed by atoms with van der Waals surface area (Å²) in [5, 5.41) is 6.05. The fourth-order valence-electron chi connectivity index (χ4n) is 4.05. The van der Waals surface area contributed by atoms with Gasteiger partial charge in [0.05, 0.1) is 12.2 Å². The molecule has 4 N–H and O–H groups in total. The third-order valence-electron chi connectivity index (χ3n) is 5.72. The molecule has 0 bridgehead atoms. The van der Waals surface area contributed by atoms with Gasteiger partial charge in [-0.05, 0) is 19.3 Å². The van der Waals surface area contributed by atoms with E-state index in [2.05, 4.69) is 25.6 Å². The molecule has 1 aromatic carbocycles. The van der Waals surface area contributed by atoms with Gasteiger partial charge in [0, 0.05) is 24.7 Å². The molecule has 31 heavy (non-hydrogen) atoms. The molecule has 1 saturated carbocycles. The molecule has 0 radical (unpaired) electrons. The third-order valence-corrected chi connectivity index (χ3v) is 5.72. The Balaban J connectivity index is 1.75. The van der Waals surface area contributed by atoms with Crippen LogP contribution in [0, 0.1) is 17.5 Å². The van der Waals surface area contributed by atoms with Crippen molar-refractivity contribution in [1.82, 2.24) is 19.5 Å². The minimum atomic E-state index is -1.05. The first-order valence-corrected chi connectivity index (χ1v) is 10.6. The number of nitrogens with two attached hydrogens (primary N) is 1. The summed E-state index contributed by atoms with van der Waals surface area (Å²) < 4.78 is 43.5. The molecule has 1 aliphatic rings. The fraction of sp³-hybridized carbons (Fsp3) is 0.476. The summed E-state index contributed by atoms with van der Waals surface area (Å²) in [5.74, 6) is -2.45. The maximum atomic E-state index is 14.2. The second-order valence-electron chi connectivity index (χ2n) is 7.85. The lowest BCUT2D eigenvalue weighted by atomic mass is 9.96. The third kappa shape index (κ3) is 4.43. The van der Waals surface area contributed by atoms with Crippen molar-refractivity contribution in [1.29, 1.82) is 0 Å². The highest BCUT2D eigenvalue weighted by molar-refractivity contribution is 5.76. The highest BCUT2D eigenvalue weighted by Crippen LogP contribution is 2.30. The summed E-state index contributed by atoms with van der Waals surface area (Å²) in [7, 11) is 0. The molecule has 1 aliphatic carbocycles. The van der Waals surface area contributed by atoms with Gasteiger partial charge in [-0.2, -0.15) is 4.98 Å². The number of hydrogen-bond acceptors (Lipinski definition) is 6. The van der Waals surface area contributed by atoms with Crippen molar-refractivity contribution >= 4 is 28.7 Å². The average Bonchev–Trinajstić information content (AvgIpc) is 3.10. The van der Waals surface area contributed by atoms with Crippen LogP contribution in [-0.4, -0.2) is 32.1 Å². The van der Waals surface area contributed by atoms with E-state index in [0.717, 1.165) is 12.8 Å². The monoisotopic (exact) mass is 433 g/mol. The molecule has 4 rings (SSSR count). The van der Waals surface area contributed by atoms with E-state index < -0.39 is 23.1 Å². The number of halogens is 3. The molecule has 166 valence electrons. The summed E-state index contributed by atoms with van der Waals surface area (Å²) in [6.45, 7) is 2.23. The molecule has 0 saturated heterocycles. The topological polar surface area (TPSA) is 93.7 Å². The van der Waals surface area contributed by atoms with Crippen LogP contribution in [0.15, 0.2) is 18.3 Å². The lowest BCUT2D eigenvalue weighted by Crippen LogP contribution is -2.24. The van der Waals surface area contributed by atoms with E-state index >= 15 is 0 Å². The van der Waals surface area contributed by atoms with E-state index in [-0.39, 0.29) is 18.5 Å². The minimum Gasteiger partial charge on any atom is -0.351 e. The van der Waals surface area contributed by atoms with Gasteiger partial charge in [0.25, 0.3) is 0 Å². The molecule has 0 aliphatic heterocycles. The van der Waals surface area contributed by atoms with Gasteiger partial charge in [-0.1, -0.05) is 26.2 Å². The minimum absolute atomic E-state index is 0.167. The van der Waals surface area contributed by atoms with Gasteiger partial charge in [0.15, 0.2) is 17.3 Å². The van der Waals surface area contributed by atoms with Crippen LogP contribution in [0.3, 0.4) is 0 Å². The molecule has 2 aromatic heterocycles. The Hall–Kier alpha value is -2.88. The number of rotatable bonds is 7. The smallest absolute Gasteiger partial charge is 0.224 e. The molecule has 1 atom stereocenters. The van der Waals surface area contributed by atoms with Crippen molar-refractivity contribution in [2.75, 3.05) is 17.2 Å². The van der Waals surface area contributed by atoms with Crippen LogP contribution in [0.2, 0.25) is 0 Å². The largest absolute Gasteiger partial charge is 0.351 e.